The van der Waals surface area contributed by atoms with Crippen LogP contribution < -0.4 is 10.4 Å². The van der Waals surface area contributed by atoms with E-state index in [1.807, 2.05) is 26.8 Å². The molecular weight excluding hydrogens is 304 g/mol. The summed E-state index contributed by atoms with van der Waals surface area (Å²) in [5.41, 5.74) is 6.22. The molecule has 126 valence electrons. The summed E-state index contributed by atoms with van der Waals surface area (Å²) in [6.07, 6.45) is 0. The molecule has 0 heterocycles. The summed E-state index contributed by atoms with van der Waals surface area (Å²) in [5, 5.41) is 16.3. The molecule has 0 aliphatic heterocycles. The van der Waals surface area contributed by atoms with Crippen molar-refractivity contribution < 1.29 is 5.11 Å². The second-order valence-corrected chi connectivity index (χ2v) is 7.04. The maximum absolute atomic E-state index is 10.8. The van der Waals surface area contributed by atoms with Crippen LogP contribution in [0.15, 0.2) is 31.4 Å². The Morgan fingerprint density at radius 1 is 0.800 bits per heavy atom. The van der Waals surface area contributed by atoms with Crippen molar-refractivity contribution in [3.05, 3.63) is 64.0 Å². The van der Waals surface area contributed by atoms with Gasteiger partial charge in [-0.2, -0.15) is 0 Å². The summed E-state index contributed by atoms with van der Waals surface area (Å²) in [6, 6.07) is 5.95. The third kappa shape index (κ3) is 2.31. The summed E-state index contributed by atoms with van der Waals surface area (Å²) in [5.74, 6) is 0.268. The van der Waals surface area contributed by atoms with Crippen molar-refractivity contribution in [3.63, 3.8) is 0 Å². The predicted molar refractivity (Wildman–Crippen MR) is 112 cm³/mol. The van der Waals surface area contributed by atoms with E-state index in [-0.39, 0.29) is 5.75 Å². The summed E-state index contributed by atoms with van der Waals surface area (Å²) in [4.78, 5) is 0. The van der Waals surface area contributed by atoms with Gasteiger partial charge in [0.25, 0.3) is 0 Å². The van der Waals surface area contributed by atoms with Crippen LogP contribution in [0.3, 0.4) is 0 Å². The van der Waals surface area contributed by atoms with E-state index >= 15 is 0 Å². The Morgan fingerprint density at radius 2 is 1.32 bits per heavy atom. The van der Waals surface area contributed by atoms with Gasteiger partial charge in [-0.05, 0) is 77.2 Å². The number of allylic oxidation sites excluding steroid dienone is 2. The van der Waals surface area contributed by atoms with Gasteiger partial charge in [0.15, 0.2) is 0 Å². The monoisotopic (exact) mass is 328 g/mol. The maximum atomic E-state index is 10.8. The number of phenols is 1. The Bertz CT molecular complexity index is 1190. The molecule has 3 rings (SSSR count). The highest BCUT2D eigenvalue weighted by atomic mass is 16.3. The lowest BCUT2D eigenvalue weighted by atomic mass is 9.86. The van der Waals surface area contributed by atoms with Crippen molar-refractivity contribution >= 4 is 45.8 Å². The molecule has 1 N–H and O–H groups in total. The number of aromatic hydroxyl groups is 1. The zero-order valence-electron chi connectivity index (χ0n) is 15.5. The molecule has 1 nitrogen and oxygen atoms in total. The normalized spacial score (nSPS) is 11.2. The van der Waals surface area contributed by atoms with Gasteiger partial charge >= 0.3 is 0 Å². The molecule has 0 bridgehead atoms. The van der Waals surface area contributed by atoms with Crippen molar-refractivity contribution in [2.45, 2.75) is 27.7 Å². The number of hydrogen-bond donors (Lipinski definition) is 1. The van der Waals surface area contributed by atoms with Crippen LogP contribution in [0.4, 0.5) is 0 Å². The lowest BCUT2D eigenvalue weighted by Gasteiger charge is -2.18. The molecule has 0 amide bonds. The van der Waals surface area contributed by atoms with Crippen molar-refractivity contribution in [1.29, 1.82) is 0 Å². The molecule has 1 heteroatoms. The van der Waals surface area contributed by atoms with Crippen LogP contribution in [0.1, 0.15) is 36.1 Å². The van der Waals surface area contributed by atoms with E-state index in [0.29, 0.717) is 0 Å². The zero-order chi connectivity index (χ0) is 18.6. The van der Waals surface area contributed by atoms with Crippen LogP contribution in [-0.4, -0.2) is 5.11 Å². The Hall–Kier alpha value is -2.80. The van der Waals surface area contributed by atoms with Crippen LogP contribution >= 0.6 is 0 Å². The van der Waals surface area contributed by atoms with Crippen molar-refractivity contribution in [3.8, 4) is 5.75 Å². The first kappa shape index (κ1) is 17.0. The summed E-state index contributed by atoms with van der Waals surface area (Å²) < 4.78 is 0. The molecule has 0 aromatic heterocycles. The van der Waals surface area contributed by atoms with Crippen LogP contribution in [0.2, 0.25) is 0 Å². The standard InChI is InChI=1S/C24H24O/c1-12(2)20-14(5)9-10-18-22(20)16(7)17(8)23-21(13(3)4)15(6)11-19(25)24(18)23/h9-11,25H,1,3,7-8H2,2,4-6H3. The molecule has 0 aliphatic carbocycles. The minimum atomic E-state index is 0.268. The highest BCUT2D eigenvalue weighted by Gasteiger charge is 2.17. The van der Waals surface area contributed by atoms with Crippen LogP contribution in [0.25, 0.3) is 45.8 Å². The number of aryl methyl sites for hydroxylation is 2. The van der Waals surface area contributed by atoms with Gasteiger partial charge in [-0.15, -0.1) is 0 Å². The minimum Gasteiger partial charge on any atom is -0.507 e. The second kappa shape index (κ2) is 5.63. The molecule has 25 heavy (non-hydrogen) atoms. The molecule has 0 saturated carbocycles. The summed E-state index contributed by atoms with van der Waals surface area (Å²) in [6.45, 7) is 25.0. The molecule has 0 unspecified atom stereocenters. The minimum absolute atomic E-state index is 0.268. The van der Waals surface area contributed by atoms with E-state index in [2.05, 4.69) is 45.4 Å². The number of rotatable bonds is 2. The highest BCUT2D eigenvalue weighted by molar-refractivity contribution is 6.16. The molecule has 3 aromatic carbocycles. The van der Waals surface area contributed by atoms with Gasteiger partial charge in [0.1, 0.15) is 5.75 Å². The molecule has 0 atom stereocenters. The van der Waals surface area contributed by atoms with E-state index in [9.17, 15) is 5.11 Å². The molecular formula is C24H24O. The zero-order valence-corrected chi connectivity index (χ0v) is 15.5. The molecule has 0 radical (unpaired) electrons. The first-order valence-corrected chi connectivity index (χ1v) is 8.38. The van der Waals surface area contributed by atoms with Gasteiger partial charge in [0, 0.05) is 10.8 Å². The molecule has 0 spiro atoms. The van der Waals surface area contributed by atoms with E-state index in [1.54, 1.807) is 0 Å². The van der Waals surface area contributed by atoms with E-state index in [1.165, 1.54) is 0 Å². The van der Waals surface area contributed by atoms with Gasteiger partial charge in [0.05, 0.1) is 0 Å². The summed E-state index contributed by atoms with van der Waals surface area (Å²) >= 11 is 0. The smallest absolute Gasteiger partial charge is 0.124 e. The number of hydrogen-bond acceptors (Lipinski definition) is 1. The maximum Gasteiger partial charge on any atom is 0.124 e. The molecule has 0 aliphatic rings. The number of phenolic OH excluding ortho intramolecular Hbond substituents is 1. The predicted octanol–water partition coefficient (Wildman–Crippen LogP) is 5.20. The van der Waals surface area contributed by atoms with Gasteiger partial charge in [-0.25, -0.2) is 0 Å². The summed E-state index contributed by atoms with van der Waals surface area (Å²) in [7, 11) is 0. The third-order valence-corrected chi connectivity index (χ3v) is 5.01. The van der Waals surface area contributed by atoms with Crippen molar-refractivity contribution in [1.82, 2.24) is 0 Å². The third-order valence-electron chi connectivity index (χ3n) is 5.01. The first-order valence-electron chi connectivity index (χ1n) is 8.38. The Balaban J connectivity index is 2.82. The average Bonchev–Trinajstić information content (AvgIpc) is 2.51. The second-order valence-electron chi connectivity index (χ2n) is 7.04. The quantitative estimate of drug-likeness (QED) is 0.641. The fraction of sp³-hybridized carbons (Fsp3) is 0.167. The fourth-order valence-corrected chi connectivity index (χ4v) is 4.00. The van der Waals surface area contributed by atoms with Gasteiger partial charge in [0.2, 0.25) is 0 Å². The SMILES string of the molecule is C=C(C)c1c(C)ccc2c1c(=C)c(=C)c1c(C(=C)C)c(C)cc(O)c12. The number of benzene rings is 3. The highest BCUT2D eigenvalue weighted by Crippen LogP contribution is 2.37. The lowest BCUT2D eigenvalue weighted by molar-refractivity contribution is 0.481. The largest absolute Gasteiger partial charge is 0.507 e. The van der Waals surface area contributed by atoms with Gasteiger partial charge in [-0.1, -0.05) is 49.6 Å². The van der Waals surface area contributed by atoms with E-state index in [4.69, 9.17) is 0 Å². The Morgan fingerprint density at radius 3 is 1.88 bits per heavy atom. The molecule has 0 saturated heterocycles. The Kier molecular flexibility index (Phi) is 3.84. The van der Waals surface area contributed by atoms with Crippen molar-refractivity contribution in [2.75, 3.05) is 0 Å². The molecule has 3 aromatic rings. The average molecular weight is 328 g/mol. The number of fused-ring (bicyclic) bond motifs is 3. The Labute approximate surface area is 148 Å². The van der Waals surface area contributed by atoms with Crippen LogP contribution in [0, 0.1) is 13.8 Å². The van der Waals surface area contributed by atoms with Crippen molar-refractivity contribution in [2.24, 2.45) is 0 Å². The molecule has 0 fully saturated rings. The topological polar surface area (TPSA) is 20.2 Å². The van der Waals surface area contributed by atoms with Crippen LogP contribution in [-0.2, 0) is 0 Å². The van der Waals surface area contributed by atoms with Gasteiger partial charge in [-0.3, -0.25) is 0 Å². The van der Waals surface area contributed by atoms with E-state index < -0.39 is 0 Å². The fourth-order valence-electron chi connectivity index (χ4n) is 4.00. The van der Waals surface area contributed by atoms with Crippen LogP contribution in [0.5, 0.6) is 5.75 Å². The first-order chi connectivity index (χ1) is 11.7. The lowest BCUT2D eigenvalue weighted by Crippen LogP contribution is -2.25. The van der Waals surface area contributed by atoms with E-state index in [0.717, 1.165) is 65.4 Å². The van der Waals surface area contributed by atoms with Gasteiger partial charge < -0.3 is 5.11 Å².